The molecule has 0 aliphatic carbocycles. The van der Waals surface area contributed by atoms with Gasteiger partial charge in [-0.1, -0.05) is 81.2 Å². The molecule has 0 heterocycles. The summed E-state index contributed by atoms with van der Waals surface area (Å²) < 4.78 is -1.83. The number of azo groups is 1. The van der Waals surface area contributed by atoms with Crippen molar-refractivity contribution < 1.29 is 0 Å². The lowest BCUT2D eigenvalue weighted by Gasteiger charge is -2.23. The molecular weight excluding hydrogens is 384 g/mol. The third kappa shape index (κ3) is 4.17. The van der Waals surface area contributed by atoms with Crippen molar-refractivity contribution in [1.29, 1.82) is 0 Å². The van der Waals surface area contributed by atoms with Crippen LogP contribution in [0.3, 0.4) is 0 Å². The molecule has 0 aliphatic heterocycles. The monoisotopic (exact) mass is 386 g/mol. The summed E-state index contributed by atoms with van der Waals surface area (Å²) in [6.07, 6.45) is 0. The first-order valence-corrected chi connectivity index (χ1v) is 7.02. The summed E-state index contributed by atoms with van der Waals surface area (Å²) in [7, 11) is 0. The van der Waals surface area contributed by atoms with Gasteiger partial charge in [0.05, 0.1) is 10.0 Å². The molecule has 0 bridgehead atoms. The van der Waals surface area contributed by atoms with Crippen LogP contribution in [0, 0.1) is 0 Å². The van der Waals surface area contributed by atoms with Gasteiger partial charge in [-0.25, -0.2) is 0 Å². The van der Waals surface area contributed by atoms with E-state index < -0.39 is 8.79 Å². The van der Waals surface area contributed by atoms with Gasteiger partial charge in [0, 0.05) is 5.02 Å². The average molecular weight is 389 g/mol. The molecule has 9 heteroatoms. The third-order valence-electron chi connectivity index (χ3n) is 1.84. The zero-order valence-electron chi connectivity index (χ0n) is 8.69. The van der Waals surface area contributed by atoms with Crippen molar-refractivity contribution in [3.05, 3.63) is 27.2 Å². The van der Waals surface area contributed by atoms with Crippen LogP contribution in [0.5, 0.6) is 0 Å². The molecule has 2 nitrogen and oxygen atoms in total. The number of halogens is 7. The smallest absolute Gasteiger partial charge is 0.161 e. The molecule has 0 amide bonds. The molecule has 0 aromatic heterocycles. The Labute approximate surface area is 139 Å². The van der Waals surface area contributed by atoms with Crippen LogP contribution >= 0.6 is 81.2 Å². The van der Waals surface area contributed by atoms with Gasteiger partial charge < -0.3 is 0 Å². The first kappa shape index (κ1) is 16.9. The van der Waals surface area contributed by atoms with Crippen molar-refractivity contribution in [2.45, 2.75) is 15.7 Å². The van der Waals surface area contributed by atoms with Gasteiger partial charge in [0.15, 0.2) is 5.00 Å². The highest BCUT2D eigenvalue weighted by Gasteiger charge is 2.43. The van der Waals surface area contributed by atoms with Gasteiger partial charge in [-0.3, -0.25) is 0 Å². The summed E-state index contributed by atoms with van der Waals surface area (Å²) in [6.45, 7) is 1.39. The van der Waals surface area contributed by atoms with Gasteiger partial charge >= 0.3 is 0 Å². The van der Waals surface area contributed by atoms with E-state index in [1.54, 1.807) is 0 Å². The Morgan fingerprint density at radius 1 is 0.944 bits per heavy atom. The maximum atomic E-state index is 5.93. The summed E-state index contributed by atoms with van der Waals surface area (Å²) >= 11 is 40.5. The highest BCUT2D eigenvalue weighted by atomic mass is 35.6. The minimum Gasteiger partial charge on any atom is -0.161 e. The molecule has 0 aliphatic rings. The lowest BCUT2D eigenvalue weighted by Crippen LogP contribution is -2.30. The Bertz CT molecular complexity index is 455. The largest absolute Gasteiger partial charge is 0.230 e. The molecule has 100 valence electrons. The Balaban J connectivity index is 3.13. The van der Waals surface area contributed by atoms with E-state index in [0.29, 0.717) is 5.02 Å². The number of rotatable bonds is 2. The van der Waals surface area contributed by atoms with Crippen molar-refractivity contribution in [1.82, 2.24) is 0 Å². The van der Waals surface area contributed by atoms with Gasteiger partial charge in [0.1, 0.15) is 5.69 Å². The van der Waals surface area contributed by atoms with Crippen LogP contribution in [0.1, 0.15) is 6.92 Å². The van der Waals surface area contributed by atoms with Crippen molar-refractivity contribution in [3.8, 4) is 0 Å². The van der Waals surface area contributed by atoms with E-state index in [9.17, 15) is 0 Å². The normalized spacial score (nSPS) is 16.0. The topological polar surface area (TPSA) is 24.7 Å². The first-order valence-electron chi connectivity index (χ1n) is 4.37. The maximum absolute atomic E-state index is 5.93. The van der Waals surface area contributed by atoms with Crippen LogP contribution in [0.15, 0.2) is 22.4 Å². The standard InChI is InChI=1S/C9H5Cl7N2/c1-8(13,9(14,15)16)18-17-7-5(11)2-4(10)3-6(7)12/h2-3H,1H3. The van der Waals surface area contributed by atoms with Crippen LogP contribution in [0.25, 0.3) is 0 Å². The van der Waals surface area contributed by atoms with E-state index in [1.165, 1.54) is 19.1 Å². The number of nitrogens with zero attached hydrogens (tertiary/aromatic N) is 2. The molecule has 0 spiro atoms. The molecule has 18 heavy (non-hydrogen) atoms. The molecule has 0 fully saturated rings. The lowest BCUT2D eigenvalue weighted by molar-refractivity contribution is 0.645. The number of hydrogen-bond donors (Lipinski definition) is 0. The molecule has 0 saturated carbocycles. The fourth-order valence-electron chi connectivity index (χ4n) is 0.831. The van der Waals surface area contributed by atoms with Gasteiger partial charge in [-0.15, -0.1) is 0 Å². The van der Waals surface area contributed by atoms with Crippen LogP contribution in [-0.2, 0) is 0 Å². The maximum Gasteiger partial charge on any atom is 0.230 e. The van der Waals surface area contributed by atoms with E-state index in [-0.39, 0.29) is 15.7 Å². The highest BCUT2D eigenvalue weighted by molar-refractivity contribution is 6.70. The third-order valence-corrected chi connectivity index (χ3v) is 4.38. The second-order valence-corrected chi connectivity index (χ2v) is 7.64. The zero-order chi connectivity index (χ0) is 14.1. The van der Waals surface area contributed by atoms with Gasteiger partial charge in [-0.05, 0) is 19.1 Å². The second-order valence-electron chi connectivity index (χ2n) is 3.37. The average Bonchev–Trinajstić information content (AvgIpc) is 2.13. The van der Waals surface area contributed by atoms with Crippen molar-refractivity contribution in [2.24, 2.45) is 10.2 Å². The minimum absolute atomic E-state index is 0.198. The van der Waals surface area contributed by atoms with E-state index in [0.717, 1.165) is 0 Å². The van der Waals surface area contributed by atoms with Crippen LogP contribution in [-0.4, -0.2) is 8.79 Å². The van der Waals surface area contributed by atoms with E-state index in [4.69, 9.17) is 81.2 Å². The Kier molecular flexibility index (Phi) is 5.72. The quantitative estimate of drug-likeness (QED) is 0.294. The zero-order valence-corrected chi connectivity index (χ0v) is 14.0. The molecule has 0 saturated heterocycles. The highest BCUT2D eigenvalue weighted by Crippen LogP contribution is 2.45. The SMILES string of the molecule is CC(Cl)(N=Nc1c(Cl)cc(Cl)cc1Cl)C(Cl)(Cl)Cl. The Morgan fingerprint density at radius 2 is 1.39 bits per heavy atom. The lowest BCUT2D eigenvalue weighted by atomic mass is 10.3. The summed E-state index contributed by atoms with van der Waals surface area (Å²) in [5, 5.41) is 8.34. The fraction of sp³-hybridized carbons (Fsp3) is 0.333. The minimum atomic E-state index is -1.83. The first-order chi connectivity index (χ1) is 8.04. The number of hydrogen-bond acceptors (Lipinski definition) is 2. The fourth-order valence-corrected chi connectivity index (χ4v) is 1.87. The van der Waals surface area contributed by atoms with Gasteiger partial charge in [-0.2, -0.15) is 10.2 Å². The Hall–Kier alpha value is 0.850. The molecule has 1 unspecified atom stereocenters. The predicted molar refractivity (Wildman–Crippen MR) is 80.5 cm³/mol. The van der Waals surface area contributed by atoms with Crippen LogP contribution in [0.2, 0.25) is 15.1 Å². The summed E-state index contributed by atoms with van der Waals surface area (Å²) in [5.74, 6) is 0. The predicted octanol–water partition coefficient (Wildman–Crippen LogP) is 7.06. The van der Waals surface area contributed by atoms with E-state index in [1.807, 2.05) is 0 Å². The van der Waals surface area contributed by atoms with Crippen molar-refractivity contribution in [3.63, 3.8) is 0 Å². The molecular formula is C9H5Cl7N2. The van der Waals surface area contributed by atoms with E-state index in [2.05, 4.69) is 10.2 Å². The van der Waals surface area contributed by atoms with Crippen LogP contribution < -0.4 is 0 Å². The number of benzene rings is 1. The van der Waals surface area contributed by atoms with Gasteiger partial charge in [0.2, 0.25) is 3.79 Å². The summed E-state index contributed by atoms with van der Waals surface area (Å²) in [5.41, 5.74) is 0.198. The molecule has 1 rings (SSSR count). The molecule has 0 N–H and O–H groups in total. The summed E-state index contributed by atoms with van der Waals surface area (Å²) in [6, 6.07) is 2.93. The van der Waals surface area contributed by atoms with Crippen molar-refractivity contribution in [2.75, 3.05) is 0 Å². The van der Waals surface area contributed by atoms with Crippen molar-refractivity contribution >= 4 is 86.9 Å². The Morgan fingerprint density at radius 3 is 1.78 bits per heavy atom. The summed E-state index contributed by atoms with van der Waals surface area (Å²) in [4.78, 5) is -1.55. The molecule has 1 atom stereocenters. The van der Waals surface area contributed by atoms with Crippen LogP contribution in [0.4, 0.5) is 5.69 Å². The molecule has 0 radical (unpaired) electrons. The number of alkyl halides is 4. The van der Waals surface area contributed by atoms with Gasteiger partial charge in [0.25, 0.3) is 0 Å². The van der Waals surface area contributed by atoms with E-state index >= 15 is 0 Å². The molecule has 1 aromatic carbocycles. The second kappa shape index (κ2) is 6.09. The molecule has 1 aromatic rings.